The SMILES string of the molecule is CCc1cnc(CN(C)C(=O)[C@@H]2CNC[C@H]2c2cn(C)cn2)s1. The molecule has 23 heavy (non-hydrogen) atoms. The molecule has 7 heteroatoms. The summed E-state index contributed by atoms with van der Waals surface area (Å²) < 4.78 is 1.93. The van der Waals surface area contributed by atoms with E-state index in [0.717, 1.165) is 23.7 Å². The Bertz CT molecular complexity index is 680. The van der Waals surface area contributed by atoms with Crippen LogP contribution in [0.3, 0.4) is 0 Å². The van der Waals surface area contributed by atoms with Gasteiger partial charge in [0.25, 0.3) is 0 Å². The summed E-state index contributed by atoms with van der Waals surface area (Å²) in [5, 5.41) is 4.33. The van der Waals surface area contributed by atoms with Gasteiger partial charge in [-0.05, 0) is 6.42 Å². The van der Waals surface area contributed by atoms with E-state index in [9.17, 15) is 4.79 Å². The lowest BCUT2D eigenvalue weighted by molar-refractivity contribution is -0.134. The van der Waals surface area contributed by atoms with Crippen LogP contribution in [0.4, 0.5) is 0 Å². The van der Waals surface area contributed by atoms with Crippen molar-refractivity contribution in [2.45, 2.75) is 25.8 Å². The Labute approximate surface area is 140 Å². The maximum atomic E-state index is 12.8. The fourth-order valence-corrected chi connectivity index (χ4v) is 3.94. The minimum atomic E-state index is -0.0551. The number of carbonyl (C=O) groups is 1. The Morgan fingerprint density at radius 2 is 2.30 bits per heavy atom. The zero-order chi connectivity index (χ0) is 16.4. The number of carbonyl (C=O) groups excluding carboxylic acids is 1. The van der Waals surface area contributed by atoms with Crippen LogP contribution in [0, 0.1) is 5.92 Å². The number of hydrogen-bond donors (Lipinski definition) is 1. The van der Waals surface area contributed by atoms with Gasteiger partial charge in [0.15, 0.2) is 0 Å². The molecule has 2 atom stereocenters. The molecule has 0 bridgehead atoms. The van der Waals surface area contributed by atoms with Crippen molar-refractivity contribution >= 4 is 17.2 Å². The van der Waals surface area contributed by atoms with Crippen molar-refractivity contribution in [1.29, 1.82) is 0 Å². The summed E-state index contributed by atoms with van der Waals surface area (Å²) >= 11 is 1.69. The quantitative estimate of drug-likeness (QED) is 0.898. The Kier molecular flexibility index (Phi) is 4.77. The molecule has 0 unspecified atom stereocenters. The summed E-state index contributed by atoms with van der Waals surface area (Å²) in [6.45, 7) is 4.21. The number of aryl methyl sites for hydroxylation is 2. The van der Waals surface area contributed by atoms with Crippen molar-refractivity contribution in [1.82, 2.24) is 24.8 Å². The first-order chi connectivity index (χ1) is 11.1. The van der Waals surface area contributed by atoms with E-state index in [4.69, 9.17) is 0 Å². The Hall–Kier alpha value is -1.73. The number of amides is 1. The molecule has 3 heterocycles. The highest BCUT2D eigenvalue weighted by atomic mass is 32.1. The summed E-state index contributed by atoms with van der Waals surface area (Å²) in [5.74, 6) is 0.257. The predicted octanol–water partition coefficient (Wildman–Crippen LogP) is 1.40. The smallest absolute Gasteiger partial charge is 0.227 e. The third-order valence-corrected chi connectivity index (χ3v) is 5.46. The van der Waals surface area contributed by atoms with E-state index in [1.807, 2.05) is 31.1 Å². The number of nitrogens with zero attached hydrogens (tertiary/aromatic N) is 4. The Morgan fingerprint density at radius 1 is 1.48 bits per heavy atom. The van der Waals surface area contributed by atoms with Gasteiger partial charge in [-0.25, -0.2) is 9.97 Å². The van der Waals surface area contributed by atoms with Gasteiger partial charge in [-0.3, -0.25) is 4.79 Å². The summed E-state index contributed by atoms with van der Waals surface area (Å²) in [5.41, 5.74) is 0.992. The minimum absolute atomic E-state index is 0.0551. The second-order valence-electron chi connectivity index (χ2n) is 6.10. The topological polar surface area (TPSA) is 63.1 Å². The lowest BCUT2D eigenvalue weighted by atomic mass is 9.92. The largest absolute Gasteiger partial charge is 0.340 e. The maximum Gasteiger partial charge on any atom is 0.227 e. The molecule has 0 aromatic carbocycles. The monoisotopic (exact) mass is 333 g/mol. The van der Waals surface area contributed by atoms with E-state index in [1.54, 1.807) is 22.6 Å². The van der Waals surface area contributed by atoms with Crippen LogP contribution in [-0.2, 0) is 24.8 Å². The van der Waals surface area contributed by atoms with Crippen molar-refractivity contribution in [3.05, 3.63) is 34.3 Å². The van der Waals surface area contributed by atoms with Gasteiger partial charge in [-0.1, -0.05) is 6.92 Å². The molecule has 3 rings (SSSR count). The van der Waals surface area contributed by atoms with Gasteiger partial charge < -0.3 is 14.8 Å². The van der Waals surface area contributed by atoms with Crippen molar-refractivity contribution < 1.29 is 4.79 Å². The van der Waals surface area contributed by atoms with E-state index in [-0.39, 0.29) is 17.7 Å². The van der Waals surface area contributed by atoms with Crippen LogP contribution < -0.4 is 5.32 Å². The van der Waals surface area contributed by atoms with E-state index >= 15 is 0 Å². The summed E-state index contributed by atoms with van der Waals surface area (Å²) in [6.07, 6.45) is 6.70. The van der Waals surface area contributed by atoms with Gasteiger partial charge in [-0.15, -0.1) is 11.3 Å². The second kappa shape index (κ2) is 6.80. The van der Waals surface area contributed by atoms with Crippen LogP contribution in [0.25, 0.3) is 0 Å². The molecule has 6 nitrogen and oxygen atoms in total. The summed E-state index contributed by atoms with van der Waals surface area (Å²) in [7, 11) is 3.82. The zero-order valence-electron chi connectivity index (χ0n) is 13.8. The molecule has 2 aromatic heterocycles. The molecular formula is C16H23N5OS. The van der Waals surface area contributed by atoms with Crippen LogP contribution in [0.5, 0.6) is 0 Å². The van der Waals surface area contributed by atoms with Crippen LogP contribution in [0.1, 0.15) is 28.4 Å². The molecule has 0 spiro atoms. The molecule has 1 N–H and O–H groups in total. The van der Waals surface area contributed by atoms with Gasteiger partial charge in [0.05, 0.1) is 24.5 Å². The Balaban J connectivity index is 1.68. The van der Waals surface area contributed by atoms with Crippen molar-refractivity contribution in [2.24, 2.45) is 13.0 Å². The van der Waals surface area contributed by atoms with Gasteiger partial charge in [-0.2, -0.15) is 0 Å². The van der Waals surface area contributed by atoms with E-state index in [1.165, 1.54) is 4.88 Å². The third-order valence-electron chi connectivity index (χ3n) is 4.33. The van der Waals surface area contributed by atoms with Gasteiger partial charge in [0, 0.05) is 50.4 Å². The first-order valence-corrected chi connectivity index (χ1v) is 8.77. The molecule has 1 aliphatic rings. The normalized spacial score (nSPS) is 20.8. The molecule has 1 saturated heterocycles. The number of thiazole rings is 1. The molecule has 1 aliphatic heterocycles. The Morgan fingerprint density at radius 3 is 2.96 bits per heavy atom. The maximum absolute atomic E-state index is 12.8. The molecule has 2 aromatic rings. The van der Waals surface area contributed by atoms with Gasteiger partial charge in [0.2, 0.25) is 5.91 Å². The van der Waals surface area contributed by atoms with Crippen molar-refractivity contribution in [3.8, 4) is 0 Å². The van der Waals surface area contributed by atoms with Crippen LogP contribution >= 0.6 is 11.3 Å². The summed E-state index contributed by atoms with van der Waals surface area (Å²) in [6, 6.07) is 0. The molecule has 0 radical (unpaired) electrons. The summed E-state index contributed by atoms with van der Waals surface area (Å²) in [4.78, 5) is 24.7. The lowest BCUT2D eigenvalue weighted by Crippen LogP contribution is -2.35. The van der Waals surface area contributed by atoms with Crippen LogP contribution in [0.2, 0.25) is 0 Å². The van der Waals surface area contributed by atoms with E-state index in [2.05, 4.69) is 22.2 Å². The highest BCUT2D eigenvalue weighted by Gasteiger charge is 2.36. The fraction of sp³-hybridized carbons (Fsp3) is 0.562. The zero-order valence-corrected chi connectivity index (χ0v) is 14.6. The fourth-order valence-electron chi connectivity index (χ4n) is 3.02. The van der Waals surface area contributed by atoms with Crippen LogP contribution in [-0.4, -0.2) is 45.5 Å². The molecule has 0 aliphatic carbocycles. The first kappa shape index (κ1) is 16.1. The number of imidazole rings is 1. The number of nitrogens with one attached hydrogen (secondary N) is 1. The molecule has 0 saturated carbocycles. The standard InChI is InChI=1S/C16H23N5OS/c1-4-11-5-18-15(23-11)9-21(3)16(22)13-7-17-6-12(13)14-8-20(2)10-19-14/h5,8,10,12-13,17H,4,6-7,9H2,1-3H3/t12-,13-/m1/s1. The average Bonchev–Trinajstić information content (AvgIpc) is 3.25. The molecular weight excluding hydrogens is 310 g/mol. The minimum Gasteiger partial charge on any atom is -0.340 e. The highest BCUT2D eigenvalue weighted by molar-refractivity contribution is 7.11. The molecule has 124 valence electrons. The third kappa shape index (κ3) is 3.45. The molecule has 1 amide bonds. The molecule has 1 fully saturated rings. The average molecular weight is 333 g/mol. The van der Waals surface area contributed by atoms with E-state index < -0.39 is 0 Å². The lowest BCUT2D eigenvalue weighted by Gasteiger charge is -2.23. The highest BCUT2D eigenvalue weighted by Crippen LogP contribution is 2.28. The number of rotatable bonds is 5. The van der Waals surface area contributed by atoms with Gasteiger partial charge >= 0.3 is 0 Å². The predicted molar refractivity (Wildman–Crippen MR) is 90.3 cm³/mol. The van der Waals surface area contributed by atoms with E-state index in [0.29, 0.717) is 13.1 Å². The van der Waals surface area contributed by atoms with Crippen molar-refractivity contribution in [3.63, 3.8) is 0 Å². The first-order valence-electron chi connectivity index (χ1n) is 7.95. The number of hydrogen-bond acceptors (Lipinski definition) is 5. The number of aromatic nitrogens is 3. The van der Waals surface area contributed by atoms with Crippen molar-refractivity contribution in [2.75, 3.05) is 20.1 Å². The second-order valence-corrected chi connectivity index (χ2v) is 7.30. The van der Waals surface area contributed by atoms with Crippen LogP contribution in [0.15, 0.2) is 18.7 Å². The van der Waals surface area contributed by atoms with Gasteiger partial charge in [0.1, 0.15) is 5.01 Å².